The maximum atomic E-state index is 12.8. The first-order valence-electron chi connectivity index (χ1n) is 8.78. The van der Waals surface area contributed by atoms with Crippen LogP contribution in [-0.2, 0) is 24.2 Å². The number of H-pyrrole nitrogens is 1. The van der Waals surface area contributed by atoms with Crippen molar-refractivity contribution in [3.8, 4) is 0 Å². The predicted molar refractivity (Wildman–Crippen MR) is 90.7 cm³/mol. The smallest absolute Gasteiger partial charge is 0.274 e. The Balaban J connectivity index is 1.37. The van der Waals surface area contributed by atoms with Crippen molar-refractivity contribution in [1.29, 1.82) is 0 Å². The standard InChI is InChI=1S/C19H23N3O2/c23-19(18-16-13-24-11-8-17(16)20-21-18)22-9-6-15(7-10-22)12-14-4-2-1-3-5-14/h1-5,15H,6-13H2,(H,20,21). The number of piperidine rings is 1. The predicted octanol–water partition coefficient (Wildman–Crippen LogP) is 2.58. The molecule has 3 heterocycles. The molecular weight excluding hydrogens is 302 g/mol. The van der Waals surface area contributed by atoms with Gasteiger partial charge in [0.1, 0.15) is 0 Å². The van der Waals surface area contributed by atoms with Crippen LogP contribution in [0.1, 0.15) is 40.2 Å². The number of hydrogen-bond donors (Lipinski definition) is 1. The highest BCUT2D eigenvalue weighted by atomic mass is 16.5. The molecule has 4 rings (SSSR count). The number of ether oxygens (including phenoxy) is 1. The van der Waals surface area contributed by atoms with Gasteiger partial charge >= 0.3 is 0 Å². The van der Waals surface area contributed by atoms with Crippen LogP contribution in [0, 0.1) is 5.92 Å². The van der Waals surface area contributed by atoms with E-state index in [-0.39, 0.29) is 5.91 Å². The molecule has 1 amide bonds. The molecule has 1 fully saturated rings. The van der Waals surface area contributed by atoms with Gasteiger partial charge in [0.2, 0.25) is 0 Å². The third kappa shape index (κ3) is 3.08. The van der Waals surface area contributed by atoms with Gasteiger partial charge in [-0.25, -0.2) is 0 Å². The fourth-order valence-corrected chi connectivity index (χ4v) is 3.73. The van der Waals surface area contributed by atoms with Gasteiger partial charge in [0.25, 0.3) is 5.91 Å². The minimum absolute atomic E-state index is 0.0520. The second kappa shape index (κ2) is 6.77. The molecule has 1 aromatic heterocycles. The van der Waals surface area contributed by atoms with Crippen molar-refractivity contribution in [2.24, 2.45) is 5.92 Å². The van der Waals surface area contributed by atoms with Crippen molar-refractivity contribution in [3.63, 3.8) is 0 Å². The van der Waals surface area contributed by atoms with E-state index in [1.54, 1.807) is 0 Å². The van der Waals surface area contributed by atoms with Crippen LogP contribution >= 0.6 is 0 Å². The van der Waals surface area contributed by atoms with Gasteiger partial charge in [-0.3, -0.25) is 9.89 Å². The van der Waals surface area contributed by atoms with E-state index in [0.717, 1.165) is 50.0 Å². The lowest BCUT2D eigenvalue weighted by Gasteiger charge is -2.32. The molecule has 1 aromatic carbocycles. The molecule has 24 heavy (non-hydrogen) atoms. The van der Waals surface area contributed by atoms with Gasteiger partial charge in [0.15, 0.2) is 5.69 Å². The van der Waals surface area contributed by atoms with E-state index in [0.29, 0.717) is 24.8 Å². The molecule has 2 aromatic rings. The number of carbonyl (C=O) groups is 1. The van der Waals surface area contributed by atoms with Crippen LogP contribution in [0.2, 0.25) is 0 Å². The minimum Gasteiger partial charge on any atom is -0.376 e. The van der Waals surface area contributed by atoms with Gasteiger partial charge in [-0.2, -0.15) is 5.10 Å². The minimum atomic E-state index is 0.0520. The Kier molecular flexibility index (Phi) is 4.34. The fourth-order valence-electron chi connectivity index (χ4n) is 3.73. The van der Waals surface area contributed by atoms with Crippen LogP contribution in [0.5, 0.6) is 0 Å². The fraction of sp³-hybridized carbons (Fsp3) is 0.474. The highest BCUT2D eigenvalue weighted by Crippen LogP contribution is 2.25. The number of hydrogen-bond acceptors (Lipinski definition) is 3. The number of fused-ring (bicyclic) bond motifs is 1. The molecule has 0 bridgehead atoms. The Hall–Kier alpha value is -2.14. The summed E-state index contributed by atoms with van der Waals surface area (Å²) >= 11 is 0. The number of nitrogens with zero attached hydrogens (tertiary/aromatic N) is 2. The van der Waals surface area contributed by atoms with E-state index in [1.165, 1.54) is 5.56 Å². The van der Waals surface area contributed by atoms with Gasteiger partial charge in [0.05, 0.1) is 13.2 Å². The Morgan fingerprint density at radius 1 is 1.25 bits per heavy atom. The van der Waals surface area contributed by atoms with E-state index in [4.69, 9.17) is 4.74 Å². The molecular formula is C19H23N3O2. The van der Waals surface area contributed by atoms with Gasteiger partial charge < -0.3 is 9.64 Å². The molecule has 1 saturated heterocycles. The molecule has 0 saturated carbocycles. The van der Waals surface area contributed by atoms with Crippen LogP contribution in [0.15, 0.2) is 30.3 Å². The van der Waals surface area contributed by atoms with E-state index in [2.05, 4.69) is 40.5 Å². The molecule has 5 heteroatoms. The monoisotopic (exact) mass is 325 g/mol. The first-order chi connectivity index (χ1) is 11.8. The van der Waals surface area contributed by atoms with Crippen LogP contribution in [-0.4, -0.2) is 40.7 Å². The maximum absolute atomic E-state index is 12.8. The third-order valence-electron chi connectivity index (χ3n) is 5.17. The van der Waals surface area contributed by atoms with Gasteiger partial charge in [-0.1, -0.05) is 30.3 Å². The summed E-state index contributed by atoms with van der Waals surface area (Å²) < 4.78 is 5.49. The number of amides is 1. The highest BCUT2D eigenvalue weighted by Gasteiger charge is 2.29. The number of aromatic amines is 1. The Morgan fingerprint density at radius 3 is 2.83 bits per heavy atom. The van der Waals surface area contributed by atoms with E-state index in [9.17, 15) is 4.79 Å². The molecule has 0 unspecified atom stereocenters. The van der Waals surface area contributed by atoms with Crippen LogP contribution < -0.4 is 0 Å². The summed E-state index contributed by atoms with van der Waals surface area (Å²) in [6, 6.07) is 10.6. The van der Waals surface area contributed by atoms with Crippen molar-refractivity contribution < 1.29 is 9.53 Å². The maximum Gasteiger partial charge on any atom is 0.274 e. The van der Waals surface area contributed by atoms with E-state index < -0.39 is 0 Å². The average molecular weight is 325 g/mol. The van der Waals surface area contributed by atoms with Crippen LogP contribution in [0.25, 0.3) is 0 Å². The lowest BCUT2D eigenvalue weighted by atomic mass is 9.90. The summed E-state index contributed by atoms with van der Waals surface area (Å²) in [4.78, 5) is 14.7. The van der Waals surface area contributed by atoms with Crippen molar-refractivity contribution in [3.05, 3.63) is 52.8 Å². The number of nitrogens with one attached hydrogen (secondary N) is 1. The van der Waals surface area contributed by atoms with Crippen molar-refractivity contribution in [1.82, 2.24) is 15.1 Å². The SMILES string of the molecule is O=C(c1n[nH]c2c1COCC2)N1CCC(Cc2ccccc2)CC1. The first-order valence-corrected chi connectivity index (χ1v) is 8.78. The second-order valence-corrected chi connectivity index (χ2v) is 6.76. The number of rotatable bonds is 3. The lowest BCUT2D eigenvalue weighted by molar-refractivity contribution is 0.0673. The van der Waals surface area contributed by atoms with Gasteiger partial charge in [-0.05, 0) is 30.7 Å². The highest BCUT2D eigenvalue weighted by molar-refractivity contribution is 5.94. The zero-order valence-electron chi connectivity index (χ0n) is 13.8. The molecule has 2 aliphatic heterocycles. The Labute approximate surface area is 142 Å². The molecule has 1 N–H and O–H groups in total. The summed E-state index contributed by atoms with van der Waals surface area (Å²) in [5, 5.41) is 7.27. The molecule has 0 atom stereocenters. The summed E-state index contributed by atoms with van der Waals surface area (Å²) in [5.41, 5.74) is 3.97. The number of likely N-dealkylation sites (tertiary alicyclic amines) is 1. The molecule has 0 aliphatic carbocycles. The van der Waals surface area contributed by atoms with E-state index in [1.807, 2.05) is 4.90 Å². The van der Waals surface area contributed by atoms with Crippen molar-refractivity contribution >= 4 is 5.91 Å². The Morgan fingerprint density at radius 2 is 2.04 bits per heavy atom. The Bertz CT molecular complexity index is 703. The number of aromatic nitrogens is 2. The van der Waals surface area contributed by atoms with Gasteiger partial charge in [0, 0.05) is 30.8 Å². The lowest BCUT2D eigenvalue weighted by Crippen LogP contribution is -2.39. The first kappa shape index (κ1) is 15.4. The average Bonchev–Trinajstić information content (AvgIpc) is 3.07. The topological polar surface area (TPSA) is 58.2 Å². The molecule has 126 valence electrons. The quantitative estimate of drug-likeness (QED) is 0.943. The molecule has 5 nitrogen and oxygen atoms in total. The third-order valence-corrected chi connectivity index (χ3v) is 5.17. The summed E-state index contributed by atoms with van der Waals surface area (Å²) in [7, 11) is 0. The normalized spacial score (nSPS) is 18.4. The summed E-state index contributed by atoms with van der Waals surface area (Å²) in [6.45, 7) is 2.84. The summed E-state index contributed by atoms with van der Waals surface area (Å²) in [5.74, 6) is 0.712. The molecule has 0 spiro atoms. The molecule has 2 aliphatic rings. The molecule has 0 radical (unpaired) electrons. The van der Waals surface area contributed by atoms with Crippen molar-refractivity contribution in [2.45, 2.75) is 32.3 Å². The van der Waals surface area contributed by atoms with Crippen LogP contribution in [0.4, 0.5) is 0 Å². The van der Waals surface area contributed by atoms with Crippen molar-refractivity contribution in [2.75, 3.05) is 19.7 Å². The largest absolute Gasteiger partial charge is 0.376 e. The van der Waals surface area contributed by atoms with E-state index >= 15 is 0 Å². The van der Waals surface area contributed by atoms with Gasteiger partial charge in [-0.15, -0.1) is 0 Å². The number of benzene rings is 1. The second-order valence-electron chi connectivity index (χ2n) is 6.76. The number of carbonyl (C=O) groups excluding carboxylic acids is 1. The zero-order chi connectivity index (χ0) is 16.4. The van der Waals surface area contributed by atoms with Crippen LogP contribution in [0.3, 0.4) is 0 Å². The summed E-state index contributed by atoms with van der Waals surface area (Å²) in [6.07, 6.45) is 4.04. The zero-order valence-corrected chi connectivity index (χ0v) is 13.8.